The number of nitrogens with zero attached hydrogens (tertiary/aromatic N) is 4. The Morgan fingerprint density at radius 3 is 2.72 bits per heavy atom. The van der Waals surface area contributed by atoms with Crippen molar-refractivity contribution in [2.24, 2.45) is 0 Å². The van der Waals surface area contributed by atoms with Crippen LogP contribution in [0, 0.1) is 0 Å². The number of ether oxygens (including phenoxy) is 1. The number of thioether (sulfide) groups is 1. The summed E-state index contributed by atoms with van der Waals surface area (Å²) < 4.78 is 7.27. The van der Waals surface area contributed by atoms with E-state index < -0.39 is 0 Å². The van der Waals surface area contributed by atoms with Crippen molar-refractivity contribution >= 4 is 17.7 Å². The third-order valence-electron chi connectivity index (χ3n) is 4.67. The minimum atomic E-state index is 0.166. The Balaban J connectivity index is 1.73. The molecule has 2 aromatic rings. The molecule has 2 atom stereocenters. The van der Waals surface area contributed by atoms with Gasteiger partial charge in [0.05, 0.1) is 18.6 Å². The topological polar surface area (TPSA) is 60.2 Å². The fraction of sp³-hybridized carbons (Fsp3) is 0.500. The van der Waals surface area contributed by atoms with Crippen LogP contribution in [-0.4, -0.2) is 50.5 Å². The Kier molecular flexibility index (Phi) is 5.63. The van der Waals surface area contributed by atoms with Crippen LogP contribution >= 0.6 is 11.8 Å². The molecule has 1 aliphatic rings. The number of hydrogen-bond acceptors (Lipinski definition) is 5. The molecule has 0 aliphatic carbocycles. The first kappa shape index (κ1) is 17.8. The number of likely N-dealkylation sites (tertiary alicyclic amines) is 1. The van der Waals surface area contributed by atoms with Crippen LogP contribution < -0.4 is 4.74 Å². The van der Waals surface area contributed by atoms with Crippen molar-refractivity contribution in [3.8, 4) is 11.4 Å². The number of methoxy groups -OCH3 is 1. The first-order chi connectivity index (χ1) is 12.1. The van der Waals surface area contributed by atoms with Crippen LogP contribution in [0.15, 0.2) is 35.7 Å². The SMILES string of the molecule is COc1ccccc1-n1cnnc1SCC(=O)N1[C@H](C)CCC[C@H]1C. The highest BCUT2D eigenvalue weighted by molar-refractivity contribution is 7.99. The Morgan fingerprint density at radius 1 is 1.28 bits per heavy atom. The second kappa shape index (κ2) is 7.91. The average Bonchev–Trinajstić information content (AvgIpc) is 3.08. The van der Waals surface area contributed by atoms with E-state index in [1.807, 2.05) is 33.7 Å². The molecule has 2 heterocycles. The lowest BCUT2D eigenvalue weighted by Gasteiger charge is -2.39. The van der Waals surface area contributed by atoms with Crippen LogP contribution in [0.4, 0.5) is 0 Å². The Hall–Kier alpha value is -2.02. The van der Waals surface area contributed by atoms with Crippen molar-refractivity contribution in [2.75, 3.05) is 12.9 Å². The minimum absolute atomic E-state index is 0.166. The number of aromatic nitrogens is 3. The van der Waals surface area contributed by atoms with Crippen LogP contribution in [0.5, 0.6) is 5.75 Å². The molecule has 1 aromatic carbocycles. The third kappa shape index (κ3) is 3.81. The summed E-state index contributed by atoms with van der Waals surface area (Å²) >= 11 is 1.42. The van der Waals surface area contributed by atoms with Gasteiger partial charge in [-0.1, -0.05) is 23.9 Å². The summed E-state index contributed by atoms with van der Waals surface area (Å²) in [7, 11) is 1.64. The van der Waals surface area contributed by atoms with Crippen molar-refractivity contribution in [1.29, 1.82) is 0 Å². The number of hydrogen-bond donors (Lipinski definition) is 0. The van der Waals surface area contributed by atoms with E-state index >= 15 is 0 Å². The summed E-state index contributed by atoms with van der Waals surface area (Å²) in [5, 5.41) is 8.87. The molecule has 1 saturated heterocycles. The lowest BCUT2D eigenvalue weighted by Crippen LogP contribution is -2.48. The van der Waals surface area contributed by atoms with E-state index in [1.54, 1.807) is 13.4 Å². The van der Waals surface area contributed by atoms with Crippen LogP contribution in [0.2, 0.25) is 0 Å². The van der Waals surface area contributed by atoms with Crippen molar-refractivity contribution in [3.05, 3.63) is 30.6 Å². The van der Waals surface area contributed by atoms with Crippen LogP contribution in [-0.2, 0) is 4.79 Å². The number of piperidine rings is 1. The van der Waals surface area contributed by atoms with Crippen LogP contribution in [0.25, 0.3) is 5.69 Å². The van der Waals surface area contributed by atoms with Crippen molar-refractivity contribution < 1.29 is 9.53 Å². The molecule has 134 valence electrons. The highest BCUT2D eigenvalue weighted by Crippen LogP contribution is 2.28. The third-order valence-corrected chi connectivity index (χ3v) is 5.60. The molecule has 0 saturated carbocycles. The van der Waals surface area contributed by atoms with E-state index in [-0.39, 0.29) is 5.91 Å². The zero-order valence-corrected chi connectivity index (χ0v) is 15.7. The van der Waals surface area contributed by atoms with E-state index in [0.29, 0.717) is 23.0 Å². The molecule has 0 radical (unpaired) electrons. The molecule has 7 heteroatoms. The molecule has 0 N–H and O–H groups in total. The van der Waals surface area contributed by atoms with Crippen molar-refractivity contribution in [3.63, 3.8) is 0 Å². The number of para-hydroxylation sites is 2. The quantitative estimate of drug-likeness (QED) is 0.767. The van der Waals surface area contributed by atoms with Crippen LogP contribution in [0.1, 0.15) is 33.1 Å². The van der Waals surface area contributed by atoms with Crippen LogP contribution in [0.3, 0.4) is 0 Å². The largest absolute Gasteiger partial charge is 0.495 e. The monoisotopic (exact) mass is 360 g/mol. The highest BCUT2D eigenvalue weighted by atomic mass is 32.2. The summed E-state index contributed by atoms with van der Waals surface area (Å²) in [6.45, 7) is 4.27. The predicted molar refractivity (Wildman–Crippen MR) is 98.3 cm³/mol. The summed E-state index contributed by atoms with van der Waals surface area (Å²) in [5.41, 5.74) is 0.865. The van der Waals surface area contributed by atoms with E-state index in [9.17, 15) is 4.79 Å². The van der Waals surface area contributed by atoms with Gasteiger partial charge in [-0.25, -0.2) is 0 Å². The molecule has 1 aromatic heterocycles. The number of rotatable bonds is 5. The second-order valence-corrected chi connectivity index (χ2v) is 7.32. The summed E-state index contributed by atoms with van der Waals surface area (Å²) in [4.78, 5) is 14.7. The zero-order chi connectivity index (χ0) is 17.8. The van der Waals surface area contributed by atoms with Gasteiger partial charge in [0.1, 0.15) is 12.1 Å². The number of benzene rings is 1. The molecular weight excluding hydrogens is 336 g/mol. The predicted octanol–water partition coefficient (Wildman–Crippen LogP) is 3.16. The number of carbonyl (C=O) groups is 1. The summed E-state index contributed by atoms with van der Waals surface area (Å²) in [6, 6.07) is 8.32. The van der Waals surface area contributed by atoms with Gasteiger partial charge in [-0.05, 0) is 45.2 Å². The molecule has 3 rings (SSSR count). The Morgan fingerprint density at radius 2 is 2.00 bits per heavy atom. The van der Waals surface area contributed by atoms with E-state index in [0.717, 1.165) is 24.3 Å². The molecule has 0 spiro atoms. The standard InChI is InChI=1S/C18H24N4O2S/c1-13-7-6-8-14(2)22(13)17(23)11-25-18-20-19-12-21(18)15-9-4-5-10-16(15)24-3/h4-5,9-10,12-14H,6-8,11H2,1-3H3/t13-,14-/m1/s1. The van der Waals surface area contributed by atoms with E-state index in [1.165, 1.54) is 18.2 Å². The molecule has 1 amide bonds. The average molecular weight is 360 g/mol. The Labute approximate surface area is 152 Å². The lowest BCUT2D eigenvalue weighted by molar-refractivity contribution is -0.134. The molecule has 0 unspecified atom stereocenters. The maximum absolute atomic E-state index is 12.7. The van der Waals surface area contributed by atoms with Gasteiger partial charge >= 0.3 is 0 Å². The summed E-state index contributed by atoms with van der Waals surface area (Å²) in [6.07, 6.45) is 5.01. The van der Waals surface area contributed by atoms with Gasteiger partial charge in [-0.2, -0.15) is 0 Å². The minimum Gasteiger partial charge on any atom is -0.495 e. The maximum Gasteiger partial charge on any atom is 0.233 e. The normalized spacial score (nSPS) is 20.5. The van der Waals surface area contributed by atoms with Crippen molar-refractivity contribution in [1.82, 2.24) is 19.7 Å². The first-order valence-electron chi connectivity index (χ1n) is 8.59. The smallest absolute Gasteiger partial charge is 0.233 e. The Bertz CT molecular complexity index is 723. The van der Waals surface area contributed by atoms with Gasteiger partial charge in [0.15, 0.2) is 5.16 Å². The molecular formula is C18H24N4O2S. The lowest BCUT2D eigenvalue weighted by atomic mass is 9.98. The van der Waals surface area contributed by atoms with Gasteiger partial charge < -0.3 is 9.64 Å². The molecule has 0 bridgehead atoms. The number of carbonyl (C=O) groups excluding carboxylic acids is 1. The fourth-order valence-electron chi connectivity index (χ4n) is 3.43. The van der Waals surface area contributed by atoms with Gasteiger partial charge in [0.25, 0.3) is 0 Å². The van der Waals surface area contributed by atoms with Gasteiger partial charge in [0, 0.05) is 12.1 Å². The molecule has 1 fully saturated rings. The molecule has 6 nitrogen and oxygen atoms in total. The zero-order valence-electron chi connectivity index (χ0n) is 14.9. The molecule has 25 heavy (non-hydrogen) atoms. The van der Waals surface area contributed by atoms with Gasteiger partial charge in [-0.3, -0.25) is 9.36 Å². The van der Waals surface area contributed by atoms with E-state index in [2.05, 4.69) is 24.0 Å². The highest BCUT2D eigenvalue weighted by Gasteiger charge is 2.29. The summed E-state index contributed by atoms with van der Waals surface area (Å²) in [5.74, 6) is 1.27. The van der Waals surface area contributed by atoms with Crippen molar-refractivity contribution in [2.45, 2.75) is 50.4 Å². The van der Waals surface area contributed by atoms with Gasteiger partial charge in [0.2, 0.25) is 5.91 Å². The fourth-order valence-corrected chi connectivity index (χ4v) is 4.22. The second-order valence-electron chi connectivity index (χ2n) is 6.37. The maximum atomic E-state index is 12.7. The first-order valence-corrected chi connectivity index (χ1v) is 9.57. The molecule has 1 aliphatic heterocycles. The van der Waals surface area contributed by atoms with Gasteiger partial charge in [-0.15, -0.1) is 10.2 Å². The number of amides is 1. The van der Waals surface area contributed by atoms with E-state index in [4.69, 9.17) is 4.74 Å².